The summed E-state index contributed by atoms with van der Waals surface area (Å²) in [6.07, 6.45) is -8.10. The normalized spacial score (nSPS) is 51.3. The minimum Gasteiger partial charge on any atom is -0.508 e. The van der Waals surface area contributed by atoms with Crippen LogP contribution in [0.2, 0.25) is 0 Å². The Labute approximate surface area is 199 Å². The Bertz CT molecular complexity index is 1030. The maximum Gasteiger partial charge on any atom is 0.338 e. The fourth-order valence-corrected chi connectivity index (χ4v) is 6.90. The van der Waals surface area contributed by atoms with Gasteiger partial charge in [-0.3, -0.25) is 0 Å². The van der Waals surface area contributed by atoms with Crippen LogP contribution in [-0.4, -0.2) is 104 Å². The topological polar surface area (TPSA) is 185 Å². The van der Waals surface area contributed by atoms with Crippen LogP contribution < -0.4 is 0 Å². The van der Waals surface area contributed by atoms with Crippen LogP contribution in [0.25, 0.3) is 0 Å². The maximum atomic E-state index is 12.7. The Hall–Kier alpha value is -1.87. The zero-order valence-corrected chi connectivity index (χ0v) is 18.8. The summed E-state index contributed by atoms with van der Waals surface area (Å²) in [5.41, 5.74) is -3.27. The van der Waals surface area contributed by atoms with Crippen LogP contribution in [0.3, 0.4) is 0 Å². The summed E-state index contributed by atoms with van der Waals surface area (Å²) in [7, 11) is 0. The average molecular weight is 496 g/mol. The smallest absolute Gasteiger partial charge is 0.338 e. The highest BCUT2D eigenvalue weighted by molar-refractivity contribution is 5.89. The highest BCUT2D eigenvalue weighted by Gasteiger charge is 2.94. The van der Waals surface area contributed by atoms with Gasteiger partial charge in [-0.1, -0.05) is 0 Å². The van der Waals surface area contributed by atoms with E-state index in [1.807, 2.05) is 0 Å². The van der Waals surface area contributed by atoms with Crippen LogP contribution in [0.15, 0.2) is 24.3 Å². The Morgan fingerprint density at radius 3 is 2.51 bits per heavy atom. The summed E-state index contributed by atoms with van der Waals surface area (Å²) in [4.78, 5) is 12.7. The molecule has 4 aliphatic heterocycles. The molecule has 192 valence electrons. The summed E-state index contributed by atoms with van der Waals surface area (Å²) in [6.45, 7) is 0.878. The van der Waals surface area contributed by atoms with E-state index >= 15 is 0 Å². The van der Waals surface area contributed by atoms with Gasteiger partial charge in [-0.2, -0.15) is 0 Å². The van der Waals surface area contributed by atoms with Crippen molar-refractivity contribution in [1.29, 1.82) is 0 Å². The molecule has 8 rings (SSSR count). The van der Waals surface area contributed by atoms with Gasteiger partial charge in [0.15, 0.2) is 18.4 Å². The van der Waals surface area contributed by atoms with E-state index in [0.29, 0.717) is 0 Å². The SMILES string of the molecule is C[C@@]12C[C@@]3(O)O[C@H](O1)C1(COC(=O)c4ccc(O)cc4)[C@H]3C[C@@]12O[C@@H]1O[C@H](CO)[C@@H](O)[C@H](O)[C@H]1O. The first-order chi connectivity index (χ1) is 16.5. The molecule has 12 nitrogen and oxygen atoms in total. The molecule has 0 spiro atoms. The zero-order valence-electron chi connectivity index (χ0n) is 18.8. The lowest BCUT2D eigenvalue weighted by molar-refractivity contribution is -0.424. The Morgan fingerprint density at radius 1 is 1.11 bits per heavy atom. The molecule has 6 bridgehead atoms. The first-order valence-corrected chi connectivity index (χ1v) is 11.5. The van der Waals surface area contributed by atoms with Crippen LogP contribution in [0, 0.1) is 11.3 Å². The van der Waals surface area contributed by atoms with E-state index in [1.54, 1.807) is 6.92 Å². The predicted octanol–water partition coefficient (Wildman–Crippen LogP) is -1.65. The number of rotatable bonds is 6. The summed E-state index contributed by atoms with van der Waals surface area (Å²) in [5, 5.41) is 61.2. The van der Waals surface area contributed by atoms with Crippen LogP contribution in [0.5, 0.6) is 5.75 Å². The van der Waals surface area contributed by atoms with Crippen LogP contribution in [-0.2, 0) is 23.7 Å². The van der Waals surface area contributed by atoms with E-state index < -0.39 is 77.9 Å². The van der Waals surface area contributed by atoms with E-state index in [4.69, 9.17) is 23.7 Å². The number of phenols is 1. The van der Waals surface area contributed by atoms with Crippen LogP contribution in [0.1, 0.15) is 30.1 Å². The van der Waals surface area contributed by atoms with Crippen molar-refractivity contribution in [3.63, 3.8) is 0 Å². The van der Waals surface area contributed by atoms with Gasteiger partial charge in [-0.05, 0) is 37.6 Å². The number of phenolic OH excluding ortho intramolecular Hbond substituents is 1. The van der Waals surface area contributed by atoms with Crippen LogP contribution >= 0.6 is 0 Å². The minimum atomic E-state index is -1.64. The van der Waals surface area contributed by atoms with Crippen molar-refractivity contribution in [3.05, 3.63) is 29.8 Å². The van der Waals surface area contributed by atoms with Gasteiger partial charge in [0.1, 0.15) is 48.0 Å². The molecule has 4 heterocycles. The molecule has 4 saturated heterocycles. The number of ether oxygens (including phenoxy) is 5. The number of carbonyl (C=O) groups is 1. The third kappa shape index (κ3) is 2.80. The lowest BCUT2D eigenvalue weighted by Crippen LogP contribution is -2.80. The van der Waals surface area contributed by atoms with Crippen LogP contribution in [0.4, 0.5) is 0 Å². The van der Waals surface area contributed by atoms with Gasteiger partial charge in [-0.15, -0.1) is 0 Å². The molecule has 1 aromatic rings. The van der Waals surface area contributed by atoms with Gasteiger partial charge in [-0.25, -0.2) is 4.79 Å². The minimum absolute atomic E-state index is 0.00282. The number of carbonyl (C=O) groups excluding carboxylic acids is 1. The Morgan fingerprint density at radius 2 is 1.83 bits per heavy atom. The largest absolute Gasteiger partial charge is 0.508 e. The molecule has 1 aromatic carbocycles. The summed E-state index contributed by atoms with van der Waals surface area (Å²) in [5.74, 6) is -2.68. The van der Waals surface area contributed by atoms with E-state index in [0.717, 1.165) is 0 Å². The van der Waals surface area contributed by atoms with Gasteiger partial charge < -0.3 is 54.3 Å². The van der Waals surface area contributed by atoms with E-state index in [2.05, 4.69) is 0 Å². The predicted molar refractivity (Wildman–Crippen MR) is 110 cm³/mol. The molecule has 35 heavy (non-hydrogen) atoms. The fraction of sp³-hybridized carbons (Fsp3) is 0.696. The quantitative estimate of drug-likeness (QED) is 0.247. The van der Waals surface area contributed by atoms with E-state index in [-0.39, 0.29) is 30.8 Å². The lowest BCUT2D eigenvalue weighted by Gasteiger charge is -2.67. The van der Waals surface area contributed by atoms with Crippen molar-refractivity contribution in [3.8, 4) is 5.75 Å². The second-order valence-electron chi connectivity index (χ2n) is 10.4. The number of benzene rings is 1. The van der Waals surface area contributed by atoms with Gasteiger partial charge >= 0.3 is 5.97 Å². The first kappa shape index (κ1) is 23.5. The number of aromatic hydroxyl groups is 1. The number of esters is 1. The third-order valence-electron chi connectivity index (χ3n) is 8.66. The van der Waals surface area contributed by atoms with Crippen molar-refractivity contribution < 1.29 is 59.1 Å². The molecule has 12 heteroatoms. The highest BCUT2D eigenvalue weighted by atomic mass is 16.8. The number of aliphatic hydroxyl groups excluding tert-OH is 4. The molecule has 6 N–H and O–H groups in total. The van der Waals surface area contributed by atoms with Gasteiger partial charge in [0.2, 0.25) is 0 Å². The molecule has 7 fully saturated rings. The number of aliphatic hydroxyl groups is 5. The number of hydrogen-bond acceptors (Lipinski definition) is 12. The Balaban J connectivity index is 1.31. The molecule has 3 aliphatic carbocycles. The van der Waals surface area contributed by atoms with Crippen molar-refractivity contribution in [1.82, 2.24) is 0 Å². The molecule has 11 atom stereocenters. The summed E-state index contributed by atoms with van der Waals surface area (Å²) >= 11 is 0. The third-order valence-corrected chi connectivity index (χ3v) is 8.66. The lowest BCUT2D eigenvalue weighted by atomic mass is 9.41. The summed E-state index contributed by atoms with van der Waals surface area (Å²) < 4.78 is 29.6. The molecule has 0 aromatic heterocycles. The monoisotopic (exact) mass is 496 g/mol. The molecular formula is C23H28O12. The van der Waals surface area contributed by atoms with Gasteiger partial charge in [0.05, 0.1) is 17.6 Å². The Kier molecular flexibility index (Phi) is 4.93. The van der Waals surface area contributed by atoms with Gasteiger partial charge in [0, 0.05) is 12.3 Å². The number of hydrogen-bond donors (Lipinski definition) is 6. The molecule has 3 saturated carbocycles. The second-order valence-corrected chi connectivity index (χ2v) is 10.4. The molecule has 0 amide bonds. The van der Waals surface area contributed by atoms with E-state index in [9.17, 15) is 35.4 Å². The molecule has 0 radical (unpaired) electrons. The molecular weight excluding hydrogens is 468 g/mol. The van der Waals surface area contributed by atoms with Crippen molar-refractivity contribution >= 4 is 5.97 Å². The van der Waals surface area contributed by atoms with Crippen molar-refractivity contribution in [2.24, 2.45) is 11.3 Å². The van der Waals surface area contributed by atoms with Gasteiger partial charge in [0.25, 0.3) is 0 Å². The zero-order chi connectivity index (χ0) is 25.0. The first-order valence-electron chi connectivity index (χ1n) is 11.5. The maximum absolute atomic E-state index is 12.7. The second kappa shape index (κ2) is 7.34. The molecule has 7 aliphatic rings. The fourth-order valence-electron chi connectivity index (χ4n) is 6.90. The van der Waals surface area contributed by atoms with E-state index in [1.165, 1.54) is 24.3 Å². The standard InChI is InChI=1S/C23H28O12/c1-20-8-22(30)13-6-23(20,33-18-16(28)15(27)14(26)12(7-24)32-18)21(13,19(34-20)35-22)9-31-17(29)10-2-4-11(25)5-3-10/h2-5,12-16,18-19,24-28,30H,6-9H2,1H3/t12-,13-,14-,15+,16-,18+,19+,20+,21?,22-,23+/m1/s1. The molecule has 1 unspecified atom stereocenters. The average Bonchev–Trinajstić information content (AvgIpc) is 3.00. The highest BCUT2D eigenvalue weighted by Crippen LogP contribution is 2.81. The van der Waals surface area contributed by atoms with Crippen molar-refractivity contribution in [2.75, 3.05) is 13.2 Å². The van der Waals surface area contributed by atoms with Crippen molar-refractivity contribution in [2.45, 2.75) is 73.8 Å². The summed E-state index contributed by atoms with van der Waals surface area (Å²) in [6, 6.07) is 5.54.